The lowest BCUT2D eigenvalue weighted by atomic mass is 9.84. The summed E-state index contributed by atoms with van der Waals surface area (Å²) in [7, 11) is 1.54. The number of aromatic nitrogens is 3. The first-order valence-electron chi connectivity index (χ1n) is 9.19. The minimum Gasteiger partial charge on any atom is -0.427 e. The van der Waals surface area contributed by atoms with Crippen LogP contribution < -0.4 is 5.46 Å². The van der Waals surface area contributed by atoms with E-state index in [2.05, 4.69) is 10.1 Å². The monoisotopic (exact) mass is 394 g/mol. The van der Waals surface area contributed by atoms with Gasteiger partial charge in [0.15, 0.2) is 0 Å². The Bertz CT molecular complexity index is 809. The van der Waals surface area contributed by atoms with Crippen molar-refractivity contribution >= 4 is 12.9 Å². The molecule has 2 aromatic heterocycles. The van der Waals surface area contributed by atoms with E-state index in [1.807, 2.05) is 0 Å². The van der Waals surface area contributed by atoms with E-state index in [-0.39, 0.29) is 6.04 Å². The lowest BCUT2D eigenvalue weighted by Crippen LogP contribution is -2.49. The lowest BCUT2D eigenvalue weighted by Gasteiger charge is -2.37. The topological polar surface area (TPSA) is 60.2 Å². The Morgan fingerprint density at radius 2 is 1.86 bits per heavy atom. The van der Waals surface area contributed by atoms with Crippen LogP contribution in [0.1, 0.15) is 57.8 Å². The molecule has 1 aliphatic rings. The van der Waals surface area contributed by atoms with Crippen molar-refractivity contribution in [3.05, 3.63) is 42.0 Å². The molecule has 2 heterocycles. The van der Waals surface area contributed by atoms with Crippen LogP contribution in [0.5, 0.6) is 0 Å². The van der Waals surface area contributed by atoms with Gasteiger partial charge in [0, 0.05) is 18.6 Å². The van der Waals surface area contributed by atoms with Crippen LogP contribution in [0.4, 0.5) is 13.2 Å². The average Bonchev–Trinajstić information content (AvgIpc) is 3.30. The van der Waals surface area contributed by atoms with E-state index in [1.165, 1.54) is 19.7 Å². The van der Waals surface area contributed by atoms with E-state index in [1.54, 1.807) is 44.8 Å². The minimum atomic E-state index is -4.45. The van der Waals surface area contributed by atoms with Gasteiger partial charge in [0.1, 0.15) is 5.69 Å². The zero-order valence-corrected chi connectivity index (χ0v) is 16.4. The third kappa shape index (κ3) is 4.58. The first kappa shape index (κ1) is 20.9. The van der Waals surface area contributed by atoms with Crippen LogP contribution in [0.3, 0.4) is 0 Å². The summed E-state index contributed by atoms with van der Waals surface area (Å²) in [6.07, 6.45) is 2.24. The van der Waals surface area contributed by atoms with Crippen molar-refractivity contribution in [3.63, 3.8) is 0 Å². The maximum Gasteiger partial charge on any atom is 0.433 e. The first-order chi connectivity index (χ1) is 12.9. The van der Waals surface area contributed by atoms with Crippen molar-refractivity contribution in [1.29, 1.82) is 0 Å². The van der Waals surface area contributed by atoms with Crippen molar-refractivity contribution in [2.45, 2.75) is 64.0 Å². The summed E-state index contributed by atoms with van der Waals surface area (Å²) in [6, 6.07) is 2.31. The van der Waals surface area contributed by atoms with Crippen molar-refractivity contribution in [3.8, 4) is 0 Å². The molecule has 5 nitrogen and oxygen atoms in total. The predicted molar refractivity (Wildman–Crippen MR) is 99.2 cm³/mol. The molecule has 1 radical (unpaired) electrons. The number of pyridine rings is 1. The largest absolute Gasteiger partial charge is 0.433 e. The molecule has 0 aromatic carbocycles. The number of nitrogens with zero attached hydrogens (tertiary/aromatic N) is 3. The highest BCUT2D eigenvalue weighted by atomic mass is 19.4. The molecule has 1 atom stereocenters. The average molecular weight is 394 g/mol. The van der Waals surface area contributed by atoms with Gasteiger partial charge in [-0.15, -0.1) is 0 Å². The number of hydrogen-bond acceptors (Lipinski definition) is 4. The summed E-state index contributed by atoms with van der Waals surface area (Å²) in [4.78, 5) is 3.58. The molecule has 28 heavy (non-hydrogen) atoms. The molecule has 0 spiro atoms. The van der Waals surface area contributed by atoms with E-state index < -0.39 is 23.1 Å². The minimum absolute atomic E-state index is 0.167. The summed E-state index contributed by atoms with van der Waals surface area (Å²) < 4.78 is 45.8. The lowest BCUT2D eigenvalue weighted by molar-refractivity contribution is -0.141. The number of aliphatic hydroxyl groups is 1. The summed E-state index contributed by atoms with van der Waals surface area (Å²) in [5, 5.41) is 14.6. The Morgan fingerprint density at radius 1 is 1.18 bits per heavy atom. The van der Waals surface area contributed by atoms with Gasteiger partial charge in [-0.25, -0.2) is 0 Å². The van der Waals surface area contributed by atoms with Crippen LogP contribution in [0.2, 0.25) is 0 Å². The molecule has 1 unspecified atom stereocenters. The molecule has 0 aliphatic heterocycles. The van der Waals surface area contributed by atoms with E-state index in [0.29, 0.717) is 16.9 Å². The molecule has 1 N–H and O–H groups in total. The van der Waals surface area contributed by atoms with E-state index >= 15 is 0 Å². The highest BCUT2D eigenvalue weighted by Gasteiger charge is 2.38. The Morgan fingerprint density at radius 3 is 2.36 bits per heavy atom. The Kier molecular flexibility index (Phi) is 5.35. The van der Waals surface area contributed by atoms with Gasteiger partial charge >= 0.3 is 13.7 Å². The van der Waals surface area contributed by atoms with Gasteiger partial charge in [0.2, 0.25) is 0 Å². The van der Waals surface area contributed by atoms with Gasteiger partial charge in [-0.3, -0.25) is 9.67 Å². The van der Waals surface area contributed by atoms with Crippen LogP contribution in [0.25, 0.3) is 0 Å². The second kappa shape index (κ2) is 7.19. The summed E-state index contributed by atoms with van der Waals surface area (Å²) in [5.74, 6) is 0.319. The first-order valence-corrected chi connectivity index (χ1v) is 9.19. The Balaban J connectivity index is 1.76. The SMILES string of the molecule is CC(C)(O)C(C)(C)O[B]c1cnn(C(c2ccc(C(F)(F)F)nc2)C2CC2)c1. The third-order valence-corrected chi connectivity index (χ3v) is 5.36. The highest BCUT2D eigenvalue weighted by molar-refractivity contribution is 6.46. The van der Waals surface area contributed by atoms with Gasteiger partial charge in [0.05, 0.1) is 17.2 Å². The molecular weight excluding hydrogens is 370 g/mol. The molecule has 1 aliphatic carbocycles. The maximum absolute atomic E-state index is 12.8. The third-order valence-electron chi connectivity index (χ3n) is 5.36. The van der Waals surface area contributed by atoms with Crippen molar-refractivity contribution in [1.82, 2.24) is 14.8 Å². The maximum atomic E-state index is 12.8. The van der Waals surface area contributed by atoms with Crippen LogP contribution in [0.15, 0.2) is 30.7 Å². The molecule has 0 bridgehead atoms. The smallest absolute Gasteiger partial charge is 0.427 e. The van der Waals surface area contributed by atoms with E-state index in [0.717, 1.165) is 18.9 Å². The van der Waals surface area contributed by atoms with Crippen molar-refractivity contribution < 1.29 is 22.9 Å². The summed E-state index contributed by atoms with van der Waals surface area (Å²) >= 11 is 0. The highest BCUT2D eigenvalue weighted by Crippen LogP contribution is 2.43. The number of rotatable bonds is 7. The van der Waals surface area contributed by atoms with Crippen LogP contribution in [0, 0.1) is 5.92 Å². The van der Waals surface area contributed by atoms with Crippen molar-refractivity contribution in [2.75, 3.05) is 0 Å². The van der Waals surface area contributed by atoms with Gasteiger partial charge in [-0.05, 0) is 63.5 Å². The second-order valence-corrected chi connectivity index (χ2v) is 8.32. The molecular formula is C19H24BF3N3O2. The van der Waals surface area contributed by atoms with E-state index in [4.69, 9.17) is 4.65 Å². The zero-order chi connectivity index (χ0) is 20.7. The van der Waals surface area contributed by atoms with Crippen molar-refractivity contribution in [2.24, 2.45) is 5.92 Å². The fourth-order valence-corrected chi connectivity index (χ4v) is 2.73. The van der Waals surface area contributed by atoms with Crippen LogP contribution in [-0.2, 0) is 10.8 Å². The van der Waals surface area contributed by atoms with Crippen LogP contribution >= 0.6 is 0 Å². The molecule has 9 heteroatoms. The fraction of sp³-hybridized carbons (Fsp3) is 0.579. The molecule has 3 rings (SSSR count). The quantitative estimate of drug-likeness (QED) is 0.734. The Hall–Kier alpha value is -1.87. The molecule has 151 valence electrons. The standard InChI is InChI=1S/C19H24BF3N3O2/c1-17(2,27)18(3,4)28-20-14-10-25-26(11-14)16(12-5-6-12)13-7-8-15(24-9-13)19(21,22)23/h7-12,16,27H,5-6H2,1-4H3. The molecule has 2 aromatic rings. The molecule has 1 fully saturated rings. The molecule has 0 saturated heterocycles. The second-order valence-electron chi connectivity index (χ2n) is 8.32. The summed E-state index contributed by atoms with van der Waals surface area (Å²) in [5.41, 5.74) is -1.34. The zero-order valence-electron chi connectivity index (χ0n) is 16.4. The van der Waals surface area contributed by atoms with E-state index in [9.17, 15) is 18.3 Å². The van der Waals surface area contributed by atoms with Gasteiger partial charge < -0.3 is 9.76 Å². The molecule has 0 amide bonds. The number of hydrogen-bond donors (Lipinski definition) is 1. The fourth-order valence-electron chi connectivity index (χ4n) is 2.73. The van der Waals surface area contributed by atoms with Gasteiger partial charge in [0.25, 0.3) is 0 Å². The normalized spacial score (nSPS) is 16.9. The Labute approximate surface area is 163 Å². The summed E-state index contributed by atoms with van der Waals surface area (Å²) in [6.45, 7) is 6.92. The van der Waals surface area contributed by atoms with Crippen LogP contribution in [-0.4, -0.2) is 38.6 Å². The number of alkyl halides is 3. The number of halogens is 3. The molecule has 1 saturated carbocycles. The van der Waals surface area contributed by atoms with Gasteiger partial charge in [-0.2, -0.15) is 18.3 Å². The predicted octanol–water partition coefficient (Wildman–Crippen LogP) is 3.11. The van der Waals surface area contributed by atoms with Gasteiger partial charge in [-0.1, -0.05) is 6.07 Å².